The molecule has 2 rings (SSSR count). The minimum Gasteiger partial charge on any atom is -0.386 e. The Labute approximate surface area is 101 Å². The van der Waals surface area contributed by atoms with E-state index < -0.39 is 6.10 Å². The van der Waals surface area contributed by atoms with Crippen LogP contribution in [0.15, 0.2) is 36.7 Å². The van der Waals surface area contributed by atoms with Crippen molar-refractivity contribution in [2.45, 2.75) is 25.6 Å². The fraction of sp³-hybridized carbons (Fsp3) is 0.357. The molecule has 0 amide bonds. The third-order valence-electron chi connectivity index (χ3n) is 3.07. The van der Waals surface area contributed by atoms with Gasteiger partial charge in [-0.2, -0.15) is 0 Å². The zero-order valence-corrected chi connectivity index (χ0v) is 10.1. The topological polar surface area (TPSA) is 42.4 Å². The summed E-state index contributed by atoms with van der Waals surface area (Å²) < 4.78 is 5.29. The summed E-state index contributed by atoms with van der Waals surface area (Å²) in [6.45, 7) is 2.00. The largest absolute Gasteiger partial charge is 0.386 e. The molecule has 3 heteroatoms. The van der Waals surface area contributed by atoms with Crippen molar-refractivity contribution in [1.29, 1.82) is 0 Å². The Kier molecular flexibility index (Phi) is 3.71. The summed E-state index contributed by atoms with van der Waals surface area (Å²) in [6.07, 6.45) is 3.46. The third kappa shape index (κ3) is 2.30. The molecule has 0 spiro atoms. The zero-order valence-electron chi connectivity index (χ0n) is 10.1. The maximum Gasteiger partial charge on any atom is 0.107 e. The van der Waals surface area contributed by atoms with Crippen molar-refractivity contribution in [3.63, 3.8) is 0 Å². The Hall–Kier alpha value is -1.45. The van der Waals surface area contributed by atoms with Gasteiger partial charge in [0.1, 0.15) is 6.10 Å². The smallest absolute Gasteiger partial charge is 0.107 e. The average Bonchev–Trinajstić information content (AvgIpc) is 2.39. The molecule has 0 saturated carbocycles. The van der Waals surface area contributed by atoms with Gasteiger partial charge in [0.25, 0.3) is 0 Å². The Morgan fingerprint density at radius 1 is 1.29 bits per heavy atom. The number of nitrogens with zero attached hydrogens (tertiary/aromatic N) is 1. The Balaban J connectivity index is 2.47. The number of hydrogen-bond donors (Lipinski definition) is 1. The van der Waals surface area contributed by atoms with Crippen LogP contribution < -0.4 is 0 Å². The summed E-state index contributed by atoms with van der Waals surface area (Å²) >= 11 is 0. The van der Waals surface area contributed by atoms with Crippen LogP contribution in [0.4, 0.5) is 0 Å². The number of fused-ring (bicyclic) bond motifs is 1. The lowest BCUT2D eigenvalue weighted by Crippen LogP contribution is -2.20. The number of methoxy groups -OCH3 is 1. The van der Waals surface area contributed by atoms with E-state index in [1.54, 1.807) is 19.5 Å². The second-order valence-electron chi connectivity index (χ2n) is 4.08. The number of benzene rings is 1. The van der Waals surface area contributed by atoms with Gasteiger partial charge in [0.15, 0.2) is 0 Å². The number of ether oxygens (including phenoxy) is 1. The second kappa shape index (κ2) is 5.25. The molecule has 0 aliphatic carbocycles. The van der Waals surface area contributed by atoms with Gasteiger partial charge in [0.2, 0.25) is 0 Å². The summed E-state index contributed by atoms with van der Waals surface area (Å²) in [5.41, 5.74) is 0.830. The Morgan fingerprint density at radius 3 is 2.76 bits per heavy atom. The minimum absolute atomic E-state index is 0.192. The molecule has 2 aromatic rings. The normalized spacial score (nSPS) is 14.8. The highest BCUT2D eigenvalue weighted by atomic mass is 16.5. The van der Waals surface area contributed by atoms with Gasteiger partial charge in [-0.1, -0.05) is 31.2 Å². The molecule has 1 aromatic carbocycles. The molecule has 1 heterocycles. The highest BCUT2D eigenvalue weighted by Crippen LogP contribution is 2.27. The number of pyridine rings is 1. The van der Waals surface area contributed by atoms with Gasteiger partial charge < -0.3 is 9.84 Å². The van der Waals surface area contributed by atoms with Crippen LogP contribution in [0.3, 0.4) is 0 Å². The molecule has 3 nitrogen and oxygen atoms in total. The summed E-state index contributed by atoms with van der Waals surface area (Å²) in [6, 6.07) is 7.92. The first-order valence-electron chi connectivity index (χ1n) is 5.81. The van der Waals surface area contributed by atoms with Crippen LogP contribution in [0, 0.1) is 0 Å². The van der Waals surface area contributed by atoms with Gasteiger partial charge in [0, 0.05) is 30.5 Å². The van der Waals surface area contributed by atoms with Crippen molar-refractivity contribution in [1.82, 2.24) is 4.98 Å². The maximum atomic E-state index is 10.3. The Bertz CT molecular complexity index is 489. The number of rotatable bonds is 4. The van der Waals surface area contributed by atoms with E-state index in [-0.39, 0.29) is 6.10 Å². The van der Waals surface area contributed by atoms with Gasteiger partial charge in [-0.25, -0.2) is 0 Å². The quantitative estimate of drug-likeness (QED) is 0.879. The van der Waals surface area contributed by atoms with Gasteiger partial charge in [-0.15, -0.1) is 0 Å². The number of hydrogen-bond acceptors (Lipinski definition) is 3. The van der Waals surface area contributed by atoms with E-state index in [9.17, 15) is 5.11 Å². The SMILES string of the molecule is CCC(OC)C(O)c1cncc2ccccc12. The standard InChI is InChI=1S/C14H17NO2/c1-3-13(17-2)14(16)12-9-15-8-10-6-4-5-7-11(10)12/h4-9,13-14,16H,3H2,1-2H3. The highest BCUT2D eigenvalue weighted by molar-refractivity contribution is 5.84. The van der Waals surface area contributed by atoms with Gasteiger partial charge >= 0.3 is 0 Å². The van der Waals surface area contributed by atoms with Crippen molar-refractivity contribution >= 4 is 10.8 Å². The van der Waals surface area contributed by atoms with E-state index in [0.29, 0.717) is 0 Å². The van der Waals surface area contributed by atoms with Crippen molar-refractivity contribution in [2.75, 3.05) is 7.11 Å². The fourth-order valence-corrected chi connectivity index (χ4v) is 2.09. The molecule has 1 aromatic heterocycles. The lowest BCUT2D eigenvalue weighted by molar-refractivity contribution is -0.0143. The predicted molar refractivity (Wildman–Crippen MR) is 67.8 cm³/mol. The summed E-state index contributed by atoms with van der Waals surface area (Å²) in [5, 5.41) is 12.4. The minimum atomic E-state index is -0.636. The van der Waals surface area contributed by atoms with Gasteiger partial charge in [0.05, 0.1) is 6.10 Å². The van der Waals surface area contributed by atoms with Crippen molar-refractivity contribution < 1.29 is 9.84 Å². The van der Waals surface area contributed by atoms with Crippen molar-refractivity contribution in [3.05, 3.63) is 42.2 Å². The number of aromatic nitrogens is 1. The molecule has 2 atom stereocenters. The van der Waals surface area contributed by atoms with E-state index in [1.165, 1.54) is 0 Å². The lowest BCUT2D eigenvalue weighted by atomic mass is 9.99. The van der Waals surface area contributed by atoms with Crippen LogP contribution in [0.25, 0.3) is 10.8 Å². The molecule has 0 aliphatic rings. The van der Waals surface area contributed by atoms with E-state index >= 15 is 0 Å². The van der Waals surface area contributed by atoms with Gasteiger partial charge in [-0.3, -0.25) is 4.98 Å². The first-order chi connectivity index (χ1) is 8.27. The lowest BCUT2D eigenvalue weighted by Gasteiger charge is -2.21. The van der Waals surface area contributed by atoms with Crippen LogP contribution in [-0.2, 0) is 4.74 Å². The average molecular weight is 231 g/mol. The maximum absolute atomic E-state index is 10.3. The zero-order chi connectivity index (χ0) is 12.3. The monoisotopic (exact) mass is 231 g/mol. The molecule has 0 aliphatic heterocycles. The highest BCUT2D eigenvalue weighted by Gasteiger charge is 2.20. The van der Waals surface area contributed by atoms with E-state index in [0.717, 1.165) is 22.8 Å². The van der Waals surface area contributed by atoms with Crippen molar-refractivity contribution in [2.24, 2.45) is 0 Å². The molecule has 0 bridgehead atoms. The fourth-order valence-electron chi connectivity index (χ4n) is 2.09. The van der Waals surface area contributed by atoms with Crippen LogP contribution >= 0.6 is 0 Å². The van der Waals surface area contributed by atoms with E-state index in [1.807, 2.05) is 31.2 Å². The first kappa shape index (κ1) is 12.0. The second-order valence-corrected chi connectivity index (χ2v) is 4.08. The molecule has 0 radical (unpaired) electrons. The molecule has 0 saturated heterocycles. The van der Waals surface area contributed by atoms with E-state index in [2.05, 4.69) is 4.98 Å². The molecular formula is C14H17NO2. The number of aliphatic hydroxyl groups excluding tert-OH is 1. The van der Waals surface area contributed by atoms with Gasteiger partial charge in [-0.05, 0) is 11.8 Å². The van der Waals surface area contributed by atoms with Crippen LogP contribution in [0.2, 0.25) is 0 Å². The summed E-state index contributed by atoms with van der Waals surface area (Å²) in [4.78, 5) is 4.17. The third-order valence-corrected chi connectivity index (χ3v) is 3.07. The molecular weight excluding hydrogens is 214 g/mol. The van der Waals surface area contributed by atoms with Crippen LogP contribution in [-0.4, -0.2) is 23.3 Å². The molecule has 1 N–H and O–H groups in total. The van der Waals surface area contributed by atoms with Crippen LogP contribution in [0.5, 0.6) is 0 Å². The first-order valence-corrected chi connectivity index (χ1v) is 5.81. The predicted octanol–water partition coefficient (Wildman–Crippen LogP) is 2.69. The molecule has 90 valence electrons. The Morgan fingerprint density at radius 2 is 2.06 bits per heavy atom. The van der Waals surface area contributed by atoms with Crippen LogP contribution in [0.1, 0.15) is 25.0 Å². The van der Waals surface area contributed by atoms with E-state index in [4.69, 9.17) is 4.74 Å². The van der Waals surface area contributed by atoms with Crippen molar-refractivity contribution in [3.8, 4) is 0 Å². The molecule has 2 unspecified atom stereocenters. The molecule has 0 fully saturated rings. The summed E-state index contributed by atoms with van der Waals surface area (Å²) in [7, 11) is 1.62. The molecule has 17 heavy (non-hydrogen) atoms. The summed E-state index contributed by atoms with van der Waals surface area (Å²) in [5.74, 6) is 0. The number of aliphatic hydroxyl groups is 1.